The smallest absolute Gasteiger partial charge is 0.0609 e. The highest BCUT2D eigenvalue weighted by atomic mass is 32.1. The molecule has 2 heteroatoms. The molecular formula is C11H16OS. The maximum absolute atomic E-state index is 9.93. The van der Waals surface area contributed by atoms with Crippen molar-refractivity contribution in [1.82, 2.24) is 0 Å². The maximum atomic E-state index is 9.93. The Labute approximate surface area is 83.4 Å². The lowest BCUT2D eigenvalue weighted by Crippen LogP contribution is -2.16. The summed E-state index contributed by atoms with van der Waals surface area (Å²) in [5.41, 5.74) is 1.35. The Bertz CT molecular complexity index is 243. The Morgan fingerprint density at radius 1 is 1.23 bits per heavy atom. The van der Waals surface area contributed by atoms with Gasteiger partial charge in [0.25, 0.3) is 0 Å². The Hall–Kier alpha value is -0.340. The Kier molecular flexibility index (Phi) is 3.01. The Morgan fingerprint density at radius 2 is 2.08 bits per heavy atom. The van der Waals surface area contributed by atoms with E-state index in [0.717, 1.165) is 12.8 Å². The second-order valence-electron chi connectivity index (χ2n) is 3.87. The van der Waals surface area contributed by atoms with Crippen molar-refractivity contribution in [2.24, 2.45) is 0 Å². The summed E-state index contributed by atoms with van der Waals surface area (Å²) in [6.07, 6.45) is 5.81. The molecule has 1 heterocycles. The predicted octanol–water partition coefficient (Wildman–Crippen LogP) is 3.16. The van der Waals surface area contributed by atoms with Crippen LogP contribution in [0.5, 0.6) is 0 Å². The first-order valence-corrected chi connectivity index (χ1v) is 6.02. The van der Waals surface area contributed by atoms with Crippen molar-refractivity contribution in [1.29, 1.82) is 0 Å². The maximum Gasteiger partial charge on any atom is 0.0609 e. The van der Waals surface area contributed by atoms with Crippen LogP contribution in [0.3, 0.4) is 0 Å². The number of aliphatic hydroxyl groups is 1. The highest BCUT2D eigenvalue weighted by Gasteiger charge is 2.22. The molecule has 72 valence electrons. The summed E-state index contributed by atoms with van der Waals surface area (Å²) in [7, 11) is 0. The molecule has 0 aliphatic heterocycles. The molecule has 0 saturated heterocycles. The fraction of sp³-hybridized carbons (Fsp3) is 0.636. The predicted molar refractivity (Wildman–Crippen MR) is 56.2 cm³/mol. The topological polar surface area (TPSA) is 20.2 Å². The van der Waals surface area contributed by atoms with Crippen molar-refractivity contribution >= 4 is 11.3 Å². The van der Waals surface area contributed by atoms with E-state index in [1.165, 1.54) is 24.8 Å². The zero-order valence-corrected chi connectivity index (χ0v) is 8.59. The molecule has 2 atom stereocenters. The minimum atomic E-state index is -0.0999. The van der Waals surface area contributed by atoms with E-state index < -0.39 is 0 Å². The van der Waals surface area contributed by atoms with E-state index in [2.05, 4.69) is 16.8 Å². The number of thiophene rings is 1. The van der Waals surface area contributed by atoms with Gasteiger partial charge in [0.2, 0.25) is 0 Å². The average molecular weight is 196 g/mol. The molecule has 1 aliphatic carbocycles. The SMILES string of the molecule is O[C@@H]1CCCCC[C@H]1c1ccsc1. The van der Waals surface area contributed by atoms with Crippen LogP contribution in [0.15, 0.2) is 16.8 Å². The second-order valence-corrected chi connectivity index (χ2v) is 4.65. The van der Waals surface area contributed by atoms with E-state index in [4.69, 9.17) is 0 Å². The zero-order valence-electron chi connectivity index (χ0n) is 7.78. The van der Waals surface area contributed by atoms with Gasteiger partial charge in [0.15, 0.2) is 0 Å². The summed E-state index contributed by atoms with van der Waals surface area (Å²) in [6, 6.07) is 2.16. The first kappa shape index (κ1) is 9.22. The molecule has 0 unspecified atom stereocenters. The van der Waals surface area contributed by atoms with Gasteiger partial charge in [-0.1, -0.05) is 19.3 Å². The van der Waals surface area contributed by atoms with Gasteiger partial charge in [0, 0.05) is 5.92 Å². The summed E-state index contributed by atoms with van der Waals surface area (Å²) < 4.78 is 0. The van der Waals surface area contributed by atoms with Crippen molar-refractivity contribution in [3.05, 3.63) is 22.4 Å². The minimum absolute atomic E-state index is 0.0999. The highest BCUT2D eigenvalue weighted by molar-refractivity contribution is 7.07. The molecule has 1 aromatic heterocycles. The van der Waals surface area contributed by atoms with Gasteiger partial charge >= 0.3 is 0 Å². The van der Waals surface area contributed by atoms with Crippen molar-refractivity contribution < 1.29 is 5.11 Å². The lowest BCUT2D eigenvalue weighted by Gasteiger charge is -2.18. The van der Waals surface area contributed by atoms with E-state index in [9.17, 15) is 5.11 Å². The number of rotatable bonds is 1. The van der Waals surface area contributed by atoms with Gasteiger partial charge in [-0.3, -0.25) is 0 Å². The van der Waals surface area contributed by atoms with Crippen LogP contribution >= 0.6 is 11.3 Å². The van der Waals surface area contributed by atoms with Crippen LogP contribution < -0.4 is 0 Å². The third-order valence-electron chi connectivity index (χ3n) is 2.95. The third-order valence-corrected chi connectivity index (χ3v) is 3.65. The van der Waals surface area contributed by atoms with Crippen molar-refractivity contribution in [2.45, 2.75) is 44.1 Å². The minimum Gasteiger partial charge on any atom is -0.392 e. The van der Waals surface area contributed by atoms with Crippen LogP contribution in [0, 0.1) is 0 Å². The molecule has 0 amide bonds. The zero-order chi connectivity index (χ0) is 9.10. The largest absolute Gasteiger partial charge is 0.392 e. The van der Waals surface area contributed by atoms with Gasteiger partial charge in [-0.05, 0) is 35.2 Å². The van der Waals surface area contributed by atoms with E-state index in [0.29, 0.717) is 5.92 Å². The molecule has 1 nitrogen and oxygen atoms in total. The van der Waals surface area contributed by atoms with Gasteiger partial charge in [0.05, 0.1) is 6.10 Å². The Morgan fingerprint density at radius 3 is 2.85 bits per heavy atom. The molecule has 0 radical (unpaired) electrons. The molecule has 1 aromatic rings. The van der Waals surface area contributed by atoms with Gasteiger partial charge < -0.3 is 5.11 Å². The summed E-state index contributed by atoms with van der Waals surface area (Å²) in [4.78, 5) is 0. The standard InChI is InChI=1S/C11H16OS/c12-11-5-3-1-2-4-10(11)9-6-7-13-8-9/h6-8,10-12H,1-5H2/t10-,11+/m0/s1. The normalized spacial score (nSPS) is 29.9. The fourth-order valence-electron chi connectivity index (χ4n) is 2.16. The lowest BCUT2D eigenvalue weighted by molar-refractivity contribution is 0.135. The molecule has 0 spiro atoms. The summed E-state index contributed by atoms with van der Waals surface area (Å²) in [5, 5.41) is 14.2. The first-order valence-electron chi connectivity index (χ1n) is 5.08. The molecule has 0 bridgehead atoms. The average Bonchev–Trinajstić information content (AvgIpc) is 2.56. The van der Waals surface area contributed by atoms with Crippen LogP contribution in [-0.2, 0) is 0 Å². The van der Waals surface area contributed by atoms with Crippen LogP contribution in [0.25, 0.3) is 0 Å². The number of hydrogen-bond donors (Lipinski definition) is 1. The third kappa shape index (κ3) is 2.12. The van der Waals surface area contributed by atoms with Crippen LogP contribution in [-0.4, -0.2) is 11.2 Å². The molecule has 1 fully saturated rings. The van der Waals surface area contributed by atoms with E-state index in [-0.39, 0.29) is 6.10 Å². The summed E-state index contributed by atoms with van der Waals surface area (Å²) in [6.45, 7) is 0. The number of aliphatic hydroxyl groups excluding tert-OH is 1. The number of hydrogen-bond acceptors (Lipinski definition) is 2. The first-order chi connectivity index (χ1) is 6.38. The van der Waals surface area contributed by atoms with Gasteiger partial charge in [-0.2, -0.15) is 11.3 Å². The second kappa shape index (κ2) is 4.25. The molecular weight excluding hydrogens is 180 g/mol. The fourth-order valence-corrected chi connectivity index (χ4v) is 2.89. The monoisotopic (exact) mass is 196 g/mol. The Balaban J connectivity index is 2.11. The molecule has 1 aliphatic rings. The van der Waals surface area contributed by atoms with Crippen LogP contribution in [0.1, 0.15) is 43.6 Å². The van der Waals surface area contributed by atoms with Crippen molar-refractivity contribution in [2.75, 3.05) is 0 Å². The van der Waals surface area contributed by atoms with Crippen molar-refractivity contribution in [3.8, 4) is 0 Å². The molecule has 1 N–H and O–H groups in total. The van der Waals surface area contributed by atoms with E-state index in [1.54, 1.807) is 11.3 Å². The molecule has 2 rings (SSSR count). The lowest BCUT2D eigenvalue weighted by atomic mass is 9.92. The van der Waals surface area contributed by atoms with Gasteiger partial charge in [-0.15, -0.1) is 0 Å². The summed E-state index contributed by atoms with van der Waals surface area (Å²) in [5.74, 6) is 0.411. The van der Waals surface area contributed by atoms with E-state index in [1.807, 2.05) is 0 Å². The summed E-state index contributed by atoms with van der Waals surface area (Å²) >= 11 is 1.73. The van der Waals surface area contributed by atoms with E-state index >= 15 is 0 Å². The van der Waals surface area contributed by atoms with Crippen LogP contribution in [0.4, 0.5) is 0 Å². The van der Waals surface area contributed by atoms with Crippen LogP contribution in [0.2, 0.25) is 0 Å². The molecule has 0 aromatic carbocycles. The van der Waals surface area contributed by atoms with Gasteiger partial charge in [-0.25, -0.2) is 0 Å². The van der Waals surface area contributed by atoms with Crippen molar-refractivity contribution in [3.63, 3.8) is 0 Å². The van der Waals surface area contributed by atoms with Gasteiger partial charge in [0.1, 0.15) is 0 Å². The highest BCUT2D eigenvalue weighted by Crippen LogP contribution is 2.32. The quantitative estimate of drug-likeness (QED) is 0.684. The molecule has 1 saturated carbocycles. The molecule has 13 heavy (non-hydrogen) atoms.